The molecule has 0 aliphatic heterocycles. The lowest BCUT2D eigenvalue weighted by Gasteiger charge is -2.17. The minimum atomic E-state index is -0.889. The Bertz CT molecular complexity index is 6580. The molecule has 6 heterocycles. The van der Waals surface area contributed by atoms with Crippen molar-refractivity contribution in [2.45, 2.75) is 77.3 Å². The maximum absolute atomic E-state index is 13.1. The summed E-state index contributed by atoms with van der Waals surface area (Å²) in [4.78, 5) is 161. The highest BCUT2D eigenvalue weighted by Gasteiger charge is 2.28. The van der Waals surface area contributed by atoms with E-state index in [0.29, 0.717) is 97.5 Å². The van der Waals surface area contributed by atoms with E-state index in [4.69, 9.17) is 50.6 Å². The van der Waals surface area contributed by atoms with Crippen molar-refractivity contribution in [2.75, 3.05) is 89.3 Å². The van der Waals surface area contributed by atoms with Crippen LogP contribution in [-0.2, 0) is 67.3 Å². The number of carboxylic acids is 2. The standard InChI is InChI=1S/C24H23N5O2.C23H23ClN4O2.C14H14BrN3O.C13H13BrN4O.C13H13ClN4O.C10H12O2.C9H11NO2.C4H4BrN3/c1-29(2)20-10-8-18(9-11-20)23(30)13-19(12-17-6-4-3-5-7-17)24(31)28-22-15-26-16-27-21(22)14-25;1-28(2)19-10-8-17(9-11-19)21(29)13-18(12-16-6-4-3-5-7-16)23(30)27-20-14-25-15-26-22(20)24;1-10(7-11-5-3-2-4-6-11)14(19)18-12-8-16-9-17-13(12)15;2*14-12-11(7-16-8-17-12)18-13(19)10(15)6-9-4-2-1-3-5-9;1-8(10(11)12)7-9-5-3-2-4-6-9;1-10(2)8-5-3-7(4-6-8)9(11)12;5-4-3(6)1-7-2-8-4/h3-11,15-16,19H,12-13H2,1-2H3,(H,28,31);3-11,14-15,18H,12-13H2,1-2H3,(H,27,30);2-6,8-10H,7H2,1H3,(H,18,19);2*1-5,7-8,10H,6,15H2,(H,18,19);2-6,8H,7H2,1H3,(H,11,12);3-6H,1-2H3,(H,11,12);1-2H,6H2/t19-;18-;3*10-;8-;;/m110000../s1. The van der Waals surface area contributed by atoms with E-state index in [1.54, 1.807) is 61.7 Å². The predicted octanol–water partition coefficient (Wildman–Crippen LogP) is 18.4. The molecular weight excluding hydrogens is 2140 g/mol. The first-order chi connectivity index (χ1) is 72.0. The Labute approximate surface area is 904 Å². The molecule has 0 saturated heterocycles. The van der Waals surface area contributed by atoms with Gasteiger partial charge in [0.15, 0.2) is 27.6 Å². The molecule has 0 spiro atoms. The first-order valence-electron chi connectivity index (χ1n) is 46.4. The van der Waals surface area contributed by atoms with Crippen molar-refractivity contribution >= 4 is 175 Å². The van der Waals surface area contributed by atoms with Crippen molar-refractivity contribution in [3.8, 4) is 6.07 Å². The summed E-state index contributed by atoms with van der Waals surface area (Å²) < 4.78 is 1.76. The number of nitrogens with two attached hydrogens (primary N) is 3. The molecule has 774 valence electrons. The number of carboxylic acid groups (broad SMARTS) is 2. The summed E-state index contributed by atoms with van der Waals surface area (Å²) in [6, 6.07) is 80.0. The monoisotopic (exact) mass is 2250 g/mol. The number of halogens is 5. The number of anilines is 9. The van der Waals surface area contributed by atoms with Gasteiger partial charge in [-0.2, -0.15) is 5.26 Å². The number of nitrogen functional groups attached to an aromatic ring is 1. The van der Waals surface area contributed by atoms with Crippen LogP contribution < -0.4 is 58.5 Å². The number of benzene rings is 9. The van der Waals surface area contributed by atoms with Crippen LogP contribution in [0.5, 0.6) is 0 Å². The van der Waals surface area contributed by atoms with Crippen molar-refractivity contribution in [1.82, 2.24) is 59.8 Å². The second-order valence-corrected chi connectivity index (χ2v) is 36.8. The summed E-state index contributed by atoms with van der Waals surface area (Å²) in [5.74, 6) is -4.71. The molecule has 6 atom stereocenters. The number of amides is 5. The highest BCUT2D eigenvalue weighted by Crippen LogP contribution is 2.28. The SMILES string of the molecule is CN(C)c1ccc(C(=O)C[C@@H](Cc2ccccc2)C(=O)Nc2cncnc2C#N)cc1.CN(C)c1ccc(C(=O)C[C@@H](Cc2ccccc2)C(=O)Nc2cncnc2Cl)cc1.CN(C)c1ccc(C(=O)O)cc1.C[C@@H](Cc1ccccc1)C(=O)Nc1cncnc1Br.C[C@@H](Cc1ccccc1)C(=O)O.N[C@@H](Cc1ccccc1)C(=O)Nc1cncnc1Br.N[C@@H](Cc1ccccc1)C(=O)Nc1cncnc1Cl.Nc1cncnc1Br. The van der Waals surface area contributed by atoms with Gasteiger partial charge in [0.25, 0.3) is 0 Å². The van der Waals surface area contributed by atoms with Crippen LogP contribution >= 0.6 is 71.0 Å². The van der Waals surface area contributed by atoms with E-state index in [1.165, 1.54) is 68.9 Å². The number of aromatic carboxylic acids is 1. The van der Waals surface area contributed by atoms with Gasteiger partial charge in [0.05, 0.1) is 94.9 Å². The molecule has 9 aromatic carbocycles. The van der Waals surface area contributed by atoms with Crippen LogP contribution in [-0.4, -0.2) is 177 Å². The Kier molecular flexibility index (Phi) is 50.7. The molecule has 35 nitrogen and oxygen atoms in total. The second-order valence-electron chi connectivity index (χ2n) is 33.8. The van der Waals surface area contributed by atoms with Crippen LogP contribution in [0.1, 0.15) is 96.8 Å². The molecule has 5 amide bonds. The maximum Gasteiger partial charge on any atom is 0.335 e. The van der Waals surface area contributed by atoms with Gasteiger partial charge in [-0.1, -0.05) is 219 Å². The summed E-state index contributed by atoms with van der Waals surface area (Å²) >= 11 is 21.5. The number of nitriles is 1. The number of carbonyl (C=O) groups is 9. The van der Waals surface area contributed by atoms with Crippen molar-refractivity contribution in [2.24, 2.45) is 35.1 Å². The summed E-state index contributed by atoms with van der Waals surface area (Å²) in [6.07, 6.45) is 20.2. The fourth-order valence-electron chi connectivity index (χ4n) is 13.4. The highest BCUT2D eigenvalue weighted by molar-refractivity contribution is 9.11. The minimum Gasteiger partial charge on any atom is -0.481 e. The number of rotatable bonds is 33. The van der Waals surface area contributed by atoms with Crippen LogP contribution in [0.15, 0.2) is 344 Å². The van der Waals surface area contributed by atoms with E-state index in [-0.39, 0.29) is 87.5 Å². The van der Waals surface area contributed by atoms with Gasteiger partial charge in [-0.05, 0) is 192 Å². The third kappa shape index (κ3) is 42.7. The number of aliphatic carboxylic acids is 1. The molecule has 150 heavy (non-hydrogen) atoms. The van der Waals surface area contributed by atoms with E-state index in [9.17, 15) is 48.4 Å². The van der Waals surface area contributed by atoms with Gasteiger partial charge < -0.3 is 68.7 Å². The van der Waals surface area contributed by atoms with Crippen molar-refractivity contribution < 1.29 is 53.4 Å². The first kappa shape index (κ1) is 119. The van der Waals surface area contributed by atoms with E-state index < -0.39 is 35.9 Å². The molecule has 13 N–H and O–H groups in total. The van der Waals surface area contributed by atoms with Gasteiger partial charge in [0, 0.05) is 101 Å². The molecular formula is C110H113Br3Cl2N24O11. The summed E-state index contributed by atoms with van der Waals surface area (Å²) in [5.41, 5.74) is 30.3. The number of aromatic nitrogens is 12. The molecule has 40 heteroatoms. The lowest BCUT2D eigenvalue weighted by Crippen LogP contribution is -2.37. The zero-order chi connectivity index (χ0) is 109. The predicted molar refractivity (Wildman–Crippen MR) is 595 cm³/mol. The molecule has 0 bridgehead atoms. The molecule has 15 aromatic rings. The summed E-state index contributed by atoms with van der Waals surface area (Å²) in [5, 5.41) is 40.4. The van der Waals surface area contributed by atoms with Gasteiger partial charge in [-0.15, -0.1) is 0 Å². The molecule has 0 unspecified atom stereocenters. The number of hydrogen-bond donors (Lipinski definition) is 10. The number of ketones is 2. The maximum atomic E-state index is 13.1. The number of nitrogens with one attached hydrogen (secondary N) is 5. The lowest BCUT2D eigenvalue weighted by molar-refractivity contribution is -0.141. The van der Waals surface area contributed by atoms with Crippen LogP contribution in [0.3, 0.4) is 0 Å². The zero-order valence-electron chi connectivity index (χ0n) is 83.1. The molecule has 0 saturated carbocycles. The van der Waals surface area contributed by atoms with Crippen molar-refractivity contribution in [1.29, 1.82) is 5.26 Å². The second kappa shape index (κ2) is 64.0. The highest BCUT2D eigenvalue weighted by atomic mass is 79.9. The van der Waals surface area contributed by atoms with Gasteiger partial charge in [0.2, 0.25) is 29.5 Å². The van der Waals surface area contributed by atoms with Crippen molar-refractivity contribution in [3.63, 3.8) is 0 Å². The van der Waals surface area contributed by atoms with Gasteiger partial charge in [0.1, 0.15) is 57.8 Å². The third-order valence-electron chi connectivity index (χ3n) is 21.7. The molecule has 0 aliphatic rings. The lowest BCUT2D eigenvalue weighted by atomic mass is 9.91. The normalized spacial score (nSPS) is 11.4. The van der Waals surface area contributed by atoms with E-state index >= 15 is 0 Å². The first-order valence-corrected chi connectivity index (χ1v) is 49.5. The van der Waals surface area contributed by atoms with E-state index in [0.717, 1.165) is 50.4 Å². The van der Waals surface area contributed by atoms with E-state index in [2.05, 4.69) is 134 Å². The Hall–Kier alpha value is -16.3. The summed E-state index contributed by atoms with van der Waals surface area (Å²) in [6.45, 7) is 3.62. The van der Waals surface area contributed by atoms with Crippen LogP contribution in [0, 0.1) is 35.0 Å². The van der Waals surface area contributed by atoms with Crippen LogP contribution in [0.4, 0.5) is 51.2 Å². The van der Waals surface area contributed by atoms with Crippen LogP contribution in [0.2, 0.25) is 10.3 Å². The number of Topliss-reactive ketones (excluding diaryl/α,β-unsaturated/α-hetero) is 2. The fourth-order valence-corrected chi connectivity index (χ4v) is 14.5. The largest absolute Gasteiger partial charge is 0.481 e. The number of nitrogens with zero attached hydrogens (tertiary/aromatic N) is 16. The average molecular weight is 2260 g/mol. The van der Waals surface area contributed by atoms with Gasteiger partial charge in [-0.25, -0.2) is 64.6 Å². The fraction of sp³-hybridized carbons (Fsp3) is 0.200. The smallest absolute Gasteiger partial charge is 0.335 e. The third-order valence-corrected chi connectivity index (χ3v) is 24.2. The zero-order valence-corrected chi connectivity index (χ0v) is 89.4. The number of carbonyl (C=O) groups excluding carboxylic acids is 7. The minimum absolute atomic E-state index is 0.0393. The topological polar surface area (TPSA) is 520 Å². The van der Waals surface area contributed by atoms with Crippen LogP contribution in [0.25, 0.3) is 0 Å². The quantitative estimate of drug-likeness (QED) is 0.0135. The molecule has 0 fully saturated rings. The average Bonchev–Trinajstić information content (AvgIpc) is 0.845. The van der Waals surface area contributed by atoms with Gasteiger partial charge >= 0.3 is 11.9 Å². The van der Waals surface area contributed by atoms with Gasteiger partial charge in [-0.3, -0.25) is 38.4 Å². The van der Waals surface area contributed by atoms with Crippen molar-refractivity contribution in [3.05, 3.63) is 410 Å². The van der Waals surface area contributed by atoms with E-state index in [1.807, 2.05) is 276 Å². The molecule has 0 aliphatic carbocycles. The molecule has 0 radical (unpaired) electrons. The Morgan fingerprint density at radius 2 is 0.613 bits per heavy atom. The molecule has 6 aromatic heterocycles. The Balaban J connectivity index is 0.000000215. The Morgan fingerprint density at radius 1 is 0.340 bits per heavy atom. The molecule has 15 rings (SSSR count). The Morgan fingerprint density at radius 3 is 0.920 bits per heavy atom. The summed E-state index contributed by atoms with van der Waals surface area (Å²) in [7, 11) is 11.6. The number of hydrogen-bond acceptors (Lipinski definition) is 28.